The summed E-state index contributed by atoms with van der Waals surface area (Å²) in [6, 6.07) is 4.48. The number of aromatic nitrogens is 3. The molecule has 2 atom stereocenters. The second kappa shape index (κ2) is 4.58. The van der Waals surface area contributed by atoms with Gasteiger partial charge in [-0.15, -0.1) is 0 Å². The lowest BCUT2D eigenvalue weighted by molar-refractivity contribution is 0.0673. The Hall–Kier alpha value is -2.02. The van der Waals surface area contributed by atoms with Crippen molar-refractivity contribution in [3.8, 4) is 0 Å². The van der Waals surface area contributed by atoms with Crippen molar-refractivity contribution in [3.63, 3.8) is 0 Å². The summed E-state index contributed by atoms with van der Waals surface area (Å²) in [5, 5.41) is 19.5. The summed E-state index contributed by atoms with van der Waals surface area (Å²) in [6.07, 6.45) is -0.883. The van der Waals surface area contributed by atoms with Crippen LogP contribution in [0.4, 0.5) is 4.39 Å². The highest BCUT2D eigenvalue weighted by Gasteiger charge is 2.35. The Morgan fingerprint density at radius 2 is 2.26 bits per heavy atom. The number of H-pyrrole nitrogens is 1. The van der Waals surface area contributed by atoms with Crippen LogP contribution in [0.5, 0.6) is 0 Å². The van der Waals surface area contributed by atoms with E-state index in [0.717, 1.165) is 0 Å². The van der Waals surface area contributed by atoms with Crippen LogP contribution in [0.25, 0.3) is 11.0 Å². The molecule has 2 aromatic rings. The van der Waals surface area contributed by atoms with Crippen LogP contribution in [0.2, 0.25) is 0 Å². The fourth-order valence-corrected chi connectivity index (χ4v) is 2.42. The van der Waals surface area contributed by atoms with E-state index in [2.05, 4.69) is 15.4 Å². The molecule has 19 heavy (non-hydrogen) atoms. The monoisotopic (exact) mass is 264 g/mol. The molecule has 0 aliphatic carbocycles. The van der Waals surface area contributed by atoms with Crippen LogP contribution < -0.4 is 0 Å². The van der Waals surface area contributed by atoms with Crippen LogP contribution in [0.15, 0.2) is 18.2 Å². The second-order valence-electron chi connectivity index (χ2n) is 4.65. The number of carbonyl (C=O) groups excluding carboxylic acids is 1. The lowest BCUT2D eigenvalue weighted by Crippen LogP contribution is -2.37. The van der Waals surface area contributed by atoms with E-state index in [-0.39, 0.29) is 25.5 Å². The number of hydrogen-bond acceptors (Lipinski definition) is 4. The van der Waals surface area contributed by atoms with Gasteiger partial charge in [-0.05, 0) is 18.2 Å². The topological polar surface area (TPSA) is 82.1 Å². The van der Waals surface area contributed by atoms with E-state index < -0.39 is 12.2 Å². The first-order chi connectivity index (χ1) is 9.19. The molecule has 0 unspecified atom stereocenters. The third-order valence-corrected chi connectivity index (χ3v) is 3.40. The molecule has 1 aliphatic heterocycles. The number of halogens is 1. The number of carbonyl (C=O) groups is 1. The van der Waals surface area contributed by atoms with E-state index in [4.69, 9.17) is 0 Å². The number of aromatic amines is 1. The van der Waals surface area contributed by atoms with Gasteiger partial charge in [0, 0.05) is 12.0 Å². The molecule has 0 radical (unpaired) electrons. The molecule has 1 aliphatic rings. The van der Waals surface area contributed by atoms with Crippen LogP contribution in [-0.4, -0.2) is 56.7 Å². The third-order valence-electron chi connectivity index (χ3n) is 3.40. The van der Waals surface area contributed by atoms with Crippen molar-refractivity contribution >= 4 is 16.9 Å². The standard InChI is InChI=1S/C12H13FN4O2/c13-8-4-9(6-18)17(5-8)12(19)7-1-2-10-11(3-7)15-16-14-10/h1-3,8-9,18H,4-6H2,(H,14,15,16)/t8-,9-/m0/s1. The van der Waals surface area contributed by atoms with Gasteiger partial charge in [-0.2, -0.15) is 15.4 Å². The number of alkyl halides is 1. The van der Waals surface area contributed by atoms with Gasteiger partial charge in [0.05, 0.1) is 19.2 Å². The molecule has 0 bridgehead atoms. The van der Waals surface area contributed by atoms with Gasteiger partial charge in [-0.1, -0.05) is 0 Å². The zero-order valence-electron chi connectivity index (χ0n) is 10.1. The van der Waals surface area contributed by atoms with E-state index in [1.807, 2.05) is 0 Å². The molecule has 2 heterocycles. The SMILES string of the molecule is O=C(c1ccc2n[nH]nc2c1)N1C[C@@H](F)C[C@H]1CO. The first kappa shape index (κ1) is 12.0. The molecule has 2 N–H and O–H groups in total. The Morgan fingerprint density at radius 3 is 3.05 bits per heavy atom. The van der Waals surface area contributed by atoms with Gasteiger partial charge in [0.1, 0.15) is 17.2 Å². The number of likely N-dealkylation sites (tertiary alicyclic amines) is 1. The zero-order chi connectivity index (χ0) is 13.4. The van der Waals surface area contributed by atoms with Crippen LogP contribution in [-0.2, 0) is 0 Å². The molecule has 1 fully saturated rings. The van der Waals surface area contributed by atoms with Crippen LogP contribution in [0.1, 0.15) is 16.8 Å². The number of rotatable bonds is 2. The number of aliphatic hydroxyl groups is 1. The fourth-order valence-electron chi connectivity index (χ4n) is 2.42. The molecule has 100 valence electrons. The minimum absolute atomic E-state index is 0.0287. The summed E-state index contributed by atoms with van der Waals surface area (Å²) in [5.41, 5.74) is 1.68. The lowest BCUT2D eigenvalue weighted by atomic mass is 10.1. The first-order valence-electron chi connectivity index (χ1n) is 6.05. The van der Waals surface area contributed by atoms with Crippen molar-refractivity contribution < 1.29 is 14.3 Å². The first-order valence-corrected chi connectivity index (χ1v) is 6.05. The van der Waals surface area contributed by atoms with Crippen LogP contribution in [0.3, 0.4) is 0 Å². The van der Waals surface area contributed by atoms with E-state index in [0.29, 0.717) is 16.6 Å². The molecule has 7 heteroatoms. The van der Waals surface area contributed by atoms with Crippen molar-refractivity contribution in [2.75, 3.05) is 13.2 Å². The Kier molecular flexibility index (Phi) is 2.90. The summed E-state index contributed by atoms with van der Waals surface area (Å²) in [6.45, 7) is -0.195. The average Bonchev–Trinajstić information content (AvgIpc) is 3.02. The number of hydrogen-bond donors (Lipinski definition) is 2. The second-order valence-corrected chi connectivity index (χ2v) is 4.65. The highest BCUT2D eigenvalue weighted by Crippen LogP contribution is 2.23. The van der Waals surface area contributed by atoms with Crippen molar-refractivity contribution in [2.24, 2.45) is 0 Å². The Labute approximate surface area is 108 Å². The molecule has 3 rings (SSSR count). The molecule has 1 aromatic heterocycles. The Balaban J connectivity index is 1.90. The molecule has 1 aromatic carbocycles. The van der Waals surface area contributed by atoms with Crippen molar-refractivity contribution in [1.29, 1.82) is 0 Å². The van der Waals surface area contributed by atoms with Gasteiger partial charge in [0.25, 0.3) is 5.91 Å². The average molecular weight is 264 g/mol. The predicted molar refractivity (Wildman–Crippen MR) is 65.3 cm³/mol. The number of amides is 1. The summed E-state index contributed by atoms with van der Waals surface area (Å²) in [7, 11) is 0. The van der Waals surface area contributed by atoms with Crippen molar-refractivity contribution in [3.05, 3.63) is 23.8 Å². The highest BCUT2D eigenvalue weighted by atomic mass is 19.1. The quantitative estimate of drug-likeness (QED) is 0.827. The number of aliphatic hydroxyl groups excluding tert-OH is 1. The minimum Gasteiger partial charge on any atom is -0.394 e. The maximum atomic E-state index is 13.4. The normalized spacial score (nSPS) is 23.2. The Morgan fingerprint density at radius 1 is 1.47 bits per heavy atom. The highest BCUT2D eigenvalue weighted by molar-refractivity contribution is 5.97. The Bertz CT molecular complexity index is 615. The van der Waals surface area contributed by atoms with Crippen molar-refractivity contribution in [1.82, 2.24) is 20.3 Å². The molecule has 6 nitrogen and oxygen atoms in total. The molecule has 0 spiro atoms. The third kappa shape index (κ3) is 2.06. The zero-order valence-corrected chi connectivity index (χ0v) is 10.1. The van der Waals surface area contributed by atoms with E-state index in [9.17, 15) is 14.3 Å². The molecule has 0 saturated carbocycles. The molecule has 1 saturated heterocycles. The predicted octanol–water partition coefficient (Wildman–Crippen LogP) is 0.503. The van der Waals surface area contributed by atoms with Crippen LogP contribution in [0, 0.1) is 0 Å². The number of nitrogens with zero attached hydrogens (tertiary/aromatic N) is 3. The molecular weight excluding hydrogens is 251 g/mol. The van der Waals surface area contributed by atoms with Crippen LogP contribution >= 0.6 is 0 Å². The molecule has 1 amide bonds. The summed E-state index contributed by atoms with van der Waals surface area (Å²) < 4.78 is 13.4. The smallest absolute Gasteiger partial charge is 0.254 e. The fraction of sp³-hybridized carbons (Fsp3) is 0.417. The summed E-state index contributed by atoms with van der Waals surface area (Å²) >= 11 is 0. The molecular formula is C12H13FN4O2. The number of nitrogens with one attached hydrogen (secondary N) is 1. The largest absolute Gasteiger partial charge is 0.394 e. The minimum atomic E-state index is -1.07. The lowest BCUT2D eigenvalue weighted by Gasteiger charge is -2.22. The summed E-state index contributed by atoms with van der Waals surface area (Å²) in [5.74, 6) is -0.288. The van der Waals surface area contributed by atoms with Crippen molar-refractivity contribution in [2.45, 2.75) is 18.6 Å². The van der Waals surface area contributed by atoms with Gasteiger partial charge >= 0.3 is 0 Å². The van der Waals surface area contributed by atoms with Gasteiger partial charge in [-0.25, -0.2) is 4.39 Å². The van der Waals surface area contributed by atoms with Gasteiger partial charge in [-0.3, -0.25) is 4.79 Å². The number of benzene rings is 1. The summed E-state index contributed by atoms with van der Waals surface area (Å²) in [4.78, 5) is 13.7. The van der Waals surface area contributed by atoms with Gasteiger partial charge < -0.3 is 10.0 Å². The number of fused-ring (bicyclic) bond motifs is 1. The van der Waals surface area contributed by atoms with Gasteiger partial charge in [0.15, 0.2) is 0 Å². The maximum Gasteiger partial charge on any atom is 0.254 e. The van der Waals surface area contributed by atoms with Gasteiger partial charge in [0.2, 0.25) is 0 Å². The maximum absolute atomic E-state index is 13.4. The van der Waals surface area contributed by atoms with E-state index >= 15 is 0 Å². The van der Waals surface area contributed by atoms with E-state index in [1.165, 1.54) is 4.90 Å². The van der Waals surface area contributed by atoms with E-state index in [1.54, 1.807) is 18.2 Å².